The van der Waals surface area contributed by atoms with E-state index in [4.69, 9.17) is 0 Å². The number of allylic oxidation sites excluding steroid dienone is 2. The Hall–Kier alpha value is -3.54. The van der Waals surface area contributed by atoms with Gasteiger partial charge in [0, 0.05) is 35.9 Å². The van der Waals surface area contributed by atoms with Crippen molar-refractivity contribution >= 4 is 35.2 Å². The number of nitro groups is 1. The van der Waals surface area contributed by atoms with Crippen molar-refractivity contribution in [1.82, 2.24) is 0 Å². The number of nitrogens with one attached hydrogen (secondary N) is 1. The van der Waals surface area contributed by atoms with Gasteiger partial charge in [-0.1, -0.05) is 24.3 Å². The number of rotatable bonds is 4. The Morgan fingerprint density at radius 3 is 2.26 bits per heavy atom. The van der Waals surface area contributed by atoms with Crippen molar-refractivity contribution in [1.29, 1.82) is 0 Å². The largest absolute Gasteiger partial charge is 0.326 e. The lowest BCUT2D eigenvalue weighted by Gasteiger charge is -2.02. The van der Waals surface area contributed by atoms with Crippen LogP contribution in [-0.4, -0.2) is 16.6 Å². The summed E-state index contributed by atoms with van der Waals surface area (Å²) in [4.78, 5) is 34.1. The second-order valence-corrected chi connectivity index (χ2v) is 6.32. The first-order valence-electron chi connectivity index (χ1n) is 8.50. The summed E-state index contributed by atoms with van der Waals surface area (Å²) in [6, 6.07) is 13.5. The lowest BCUT2D eigenvalue weighted by Crippen LogP contribution is -2.05. The number of hydrogen-bond acceptors (Lipinski definition) is 4. The number of carbonyl (C=O) groups is 2. The maximum Gasteiger partial charge on any atom is 0.270 e. The summed E-state index contributed by atoms with van der Waals surface area (Å²) < 4.78 is 0. The van der Waals surface area contributed by atoms with Crippen LogP contribution < -0.4 is 5.32 Å². The van der Waals surface area contributed by atoms with Crippen LogP contribution in [0, 0.1) is 10.1 Å². The van der Waals surface area contributed by atoms with E-state index in [1.807, 2.05) is 18.2 Å². The molecular weight excluding hydrogens is 344 g/mol. The predicted octanol–water partition coefficient (Wildman–Crippen LogP) is 4.38. The molecule has 27 heavy (non-hydrogen) atoms. The second-order valence-electron chi connectivity index (χ2n) is 6.32. The first-order chi connectivity index (χ1) is 12.9. The number of hydrogen-bond donors (Lipinski definition) is 1. The van der Waals surface area contributed by atoms with E-state index in [2.05, 4.69) is 5.32 Å². The van der Waals surface area contributed by atoms with Crippen LogP contribution in [0.25, 0.3) is 12.2 Å². The number of Topliss-reactive ketones (excluding diaryl/α,β-unsaturated/α-hetero) is 1. The molecule has 0 aliphatic heterocycles. The highest BCUT2D eigenvalue weighted by Crippen LogP contribution is 2.30. The quantitative estimate of drug-likeness (QED) is 0.496. The van der Waals surface area contributed by atoms with Crippen LogP contribution in [0.15, 0.2) is 59.7 Å². The highest BCUT2D eigenvalue weighted by atomic mass is 16.6. The van der Waals surface area contributed by atoms with Gasteiger partial charge in [-0.2, -0.15) is 0 Å². The summed E-state index contributed by atoms with van der Waals surface area (Å²) in [7, 11) is 0. The number of amides is 1. The van der Waals surface area contributed by atoms with Crippen molar-refractivity contribution in [2.45, 2.75) is 19.8 Å². The zero-order valence-electron chi connectivity index (χ0n) is 14.8. The Morgan fingerprint density at radius 1 is 1.04 bits per heavy atom. The van der Waals surface area contributed by atoms with E-state index in [9.17, 15) is 19.7 Å². The highest BCUT2D eigenvalue weighted by Gasteiger charge is 2.23. The van der Waals surface area contributed by atoms with E-state index in [0.29, 0.717) is 35.2 Å². The molecule has 2 aromatic rings. The van der Waals surface area contributed by atoms with Crippen LogP contribution in [0.2, 0.25) is 0 Å². The Balaban J connectivity index is 1.78. The minimum Gasteiger partial charge on any atom is -0.326 e. The normalized spacial score (nSPS) is 16.7. The Labute approximate surface area is 156 Å². The molecule has 0 radical (unpaired) electrons. The van der Waals surface area contributed by atoms with Crippen molar-refractivity contribution in [3.63, 3.8) is 0 Å². The molecule has 0 aromatic heterocycles. The Kier molecular flexibility index (Phi) is 5.26. The number of non-ortho nitro benzene ring substituents is 1. The van der Waals surface area contributed by atoms with Crippen molar-refractivity contribution < 1.29 is 14.5 Å². The zero-order chi connectivity index (χ0) is 19.4. The number of ketones is 1. The molecule has 3 rings (SSSR count). The molecule has 2 aromatic carbocycles. The van der Waals surface area contributed by atoms with E-state index in [0.717, 1.165) is 5.56 Å². The fourth-order valence-corrected chi connectivity index (χ4v) is 2.97. The summed E-state index contributed by atoms with van der Waals surface area (Å²) in [5.74, 6) is -0.171. The predicted molar refractivity (Wildman–Crippen MR) is 104 cm³/mol. The molecule has 0 saturated heterocycles. The van der Waals surface area contributed by atoms with Crippen LogP contribution in [0.4, 0.5) is 11.4 Å². The molecule has 0 heterocycles. The Morgan fingerprint density at radius 2 is 1.67 bits per heavy atom. The molecule has 1 amide bonds. The summed E-state index contributed by atoms with van der Waals surface area (Å²) >= 11 is 0. The Bertz CT molecular complexity index is 972. The molecule has 6 heteroatoms. The van der Waals surface area contributed by atoms with E-state index in [1.54, 1.807) is 30.3 Å². The molecule has 1 aliphatic rings. The van der Waals surface area contributed by atoms with Gasteiger partial charge in [-0.25, -0.2) is 0 Å². The maximum absolute atomic E-state index is 12.6. The molecule has 6 nitrogen and oxygen atoms in total. The maximum atomic E-state index is 12.6. The van der Waals surface area contributed by atoms with Gasteiger partial charge in [0.15, 0.2) is 5.78 Å². The van der Waals surface area contributed by atoms with Crippen LogP contribution >= 0.6 is 0 Å². The summed E-state index contributed by atoms with van der Waals surface area (Å²) in [5, 5.41) is 13.6. The third-order valence-corrected chi connectivity index (χ3v) is 4.24. The lowest BCUT2D eigenvalue weighted by atomic mass is 10.1. The number of benzene rings is 2. The van der Waals surface area contributed by atoms with E-state index in [1.165, 1.54) is 19.1 Å². The molecule has 1 fully saturated rings. The van der Waals surface area contributed by atoms with Crippen LogP contribution in [0.3, 0.4) is 0 Å². The molecule has 0 atom stereocenters. The molecule has 1 aliphatic carbocycles. The van der Waals surface area contributed by atoms with Gasteiger partial charge in [0.05, 0.1) is 4.92 Å². The molecule has 0 bridgehead atoms. The van der Waals surface area contributed by atoms with Crippen LogP contribution in [0.1, 0.15) is 30.9 Å². The van der Waals surface area contributed by atoms with Gasteiger partial charge >= 0.3 is 0 Å². The number of nitrogens with zero attached hydrogens (tertiary/aromatic N) is 1. The number of anilines is 1. The molecular formula is C21H18N2O4. The van der Waals surface area contributed by atoms with Gasteiger partial charge in [-0.3, -0.25) is 19.7 Å². The van der Waals surface area contributed by atoms with Crippen molar-refractivity contribution in [2.75, 3.05) is 5.32 Å². The molecule has 0 unspecified atom stereocenters. The summed E-state index contributed by atoms with van der Waals surface area (Å²) in [6.07, 6.45) is 4.80. The zero-order valence-corrected chi connectivity index (χ0v) is 14.8. The van der Waals surface area contributed by atoms with Crippen LogP contribution in [0.5, 0.6) is 0 Å². The summed E-state index contributed by atoms with van der Waals surface area (Å²) in [5.41, 5.74) is 3.59. The SMILES string of the molecule is CC(=O)Nc1ccc(/C=C2\CC/C(=C\c3cccc([N+](=O)[O-])c3)C2=O)cc1. The van der Waals surface area contributed by atoms with Gasteiger partial charge in [0.25, 0.3) is 5.69 Å². The fraction of sp³-hybridized carbons (Fsp3) is 0.143. The lowest BCUT2D eigenvalue weighted by molar-refractivity contribution is -0.384. The second kappa shape index (κ2) is 7.78. The molecule has 1 N–H and O–H groups in total. The third kappa shape index (κ3) is 4.55. The molecule has 0 spiro atoms. The van der Waals surface area contributed by atoms with Gasteiger partial charge in [-0.05, 0) is 48.3 Å². The van der Waals surface area contributed by atoms with Crippen molar-refractivity contribution in [3.8, 4) is 0 Å². The standard InChI is InChI=1S/C21H18N2O4/c1-14(24)22-19-9-5-15(6-10-19)11-17-7-8-18(21(17)25)12-16-3-2-4-20(13-16)23(26)27/h2-6,9-13H,7-8H2,1H3,(H,22,24)/b17-11+,18-12+. The minimum atomic E-state index is -0.450. The minimum absolute atomic E-state index is 0.00446. The van der Waals surface area contributed by atoms with Crippen molar-refractivity contribution in [2.24, 2.45) is 0 Å². The first-order valence-corrected chi connectivity index (χ1v) is 8.50. The fourth-order valence-electron chi connectivity index (χ4n) is 2.97. The monoisotopic (exact) mass is 362 g/mol. The van der Waals surface area contributed by atoms with Gasteiger partial charge in [-0.15, -0.1) is 0 Å². The van der Waals surface area contributed by atoms with Gasteiger partial charge in [0.2, 0.25) is 5.91 Å². The highest BCUT2D eigenvalue weighted by molar-refractivity contribution is 6.15. The average Bonchev–Trinajstić information content (AvgIpc) is 2.96. The van der Waals surface area contributed by atoms with E-state index < -0.39 is 4.92 Å². The number of nitro benzene ring substituents is 1. The smallest absolute Gasteiger partial charge is 0.270 e. The van der Waals surface area contributed by atoms with Gasteiger partial charge < -0.3 is 5.32 Å². The third-order valence-electron chi connectivity index (χ3n) is 4.24. The summed E-state index contributed by atoms with van der Waals surface area (Å²) in [6.45, 7) is 1.45. The molecule has 136 valence electrons. The van der Waals surface area contributed by atoms with Crippen molar-refractivity contribution in [3.05, 3.63) is 80.9 Å². The molecule has 1 saturated carbocycles. The van der Waals surface area contributed by atoms with Gasteiger partial charge in [0.1, 0.15) is 0 Å². The topological polar surface area (TPSA) is 89.3 Å². The average molecular weight is 362 g/mol. The van der Waals surface area contributed by atoms with E-state index >= 15 is 0 Å². The first kappa shape index (κ1) is 18.3. The number of carbonyl (C=O) groups excluding carboxylic acids is 2. The van der Waals surface area contributed by atoms with Crippen LogP contribution in [-0.2, 0) is 9.59 Å². The van der Waals surface area contributed by atoms with E-state index in [-0.39, 0.29) is 17.4 Å².